The van der Waals surface area contributed by atoms with E-state index < -0.39 is 0 Å². The Labute approximate surface area is 79.8 Å². The maximum Gasteiger partial charge on any atom is 0.160 e. The lowest BCUT2D eigenvalue weighted by molar-refractivity contribution is -0.116. The lowest BCUT2D eigenvalue weighted by Crippen LogP contribution is -2.32. The van der Waals surface area contributed by atoms with E-state index >= 15 is 0 Å². The summed E-state index contributed by atoms with van der Waals surface area (Å²) in [6.07, 6.45) is 4.46. The van der Waals surface area contributed by atoms with Crippen molar-refractivity contribution in [2.24, 2.45) is 0 Å². The molecule has 0 spiro atoms. The van der Waals surface area contributed by atoms with E-state index in [2.05, 4.69) is 5.32 Å². The molecule has 0 aromatic rings. The van der Waals surface area contributed by atoms with Gasteiger partial charge in [-0.1, -0.05) is 0 Å². The highest BCUT2D eigenvalue weighted by Crippen LogP contribution is 2.20. The Hall–Kier alpha value is -0.830. The zero-order valence-electron chi connectivity index (χ0n) is 8.63. The molecule has 0 bridgehead atoms. The summed E-state index contributed by atoms with van der Waals surface area (Å²) in [6.45, 7) is 0. The van der Waals surface area contributed by atoms with Crippen LogP contribution in [0.15, 0.2) is 11.8 Å². The lowest BCUT2D eigenvalue weighted by atomic mass is 9.90. The van der Waals surface area contributed by atoms with Crippen LogP contribution in [0.1, 0.15) is 19.3 Å². The third-order valence-corrected chi connectivity index (χ3v) is 2.37. The normalized spacial score (nSPS) is 26.5. The van der Waals surface area contributed by atoms with Crippen LogP contribution < -0.4 is 5.32 Å². The molecule has 1 saturated carbocycles. The van der Waals surface area contributed by atoms with Crippen molar-refractivity contribution < 1.29 is 4.79 Å². The highest BCUT2D eigenvalue weighted by molar-refractivity contribution is 5.96. The van der Waals surface area contributed by atoms with Gasteiger partial charge in [-0.3, -0.25) is 4.79 Å². The number of nitrogens with zero attached hydrogens (tertiary/aromatic N) is 1. The molecule has 74 valence electrons. The summed E-state index contributed by atoms with van der Waals surface area (Å²) < 4.78 is 0. The number of hydrogen-bond acceptors (Lipinski definition) is 3. The molecule has 0 aliphatic heterocycles. The molecule has 1 aliphatic carbocycles. The lowest BCUT2D eigenvalue weighted by Gasteiger charge is -2.23. The number of carbonyl (C=O) groups excluding carboxylic acids is 1. The van der Waals surface area contributed by atoms with Gasteiger partial charge >= 0.3 is 0 Å². The maximum atomic E-state index is 11.5. The summed E-state index contributed by atoms with van der Waals surface area (Å²) in [5, 5.41) is 3.22. The molecule has 1 atom stereocenters. The summed E-state index contributed by atoms with van der Waals surface area (Å²) in [4.78, 5) is 13.4. The fraction of sp³-hybridized carbons (Fsp3) is 0.700. The summed E-state index contributed by atoms with van der Waals surface area (Å²) in [7, 11) is 5.85. The predicted octanol–water partition coefficient (Wildman–Crippen LogP) is 0.773. The van der Waals surface area contributed by atoms with Crippen LogP contribution in [-0.4, -0.2) is 37.9 Å². The van der Waals surface area contributed by atoms with Gasteiger partial charge in [0.1, 0.15) is 0 Å². The molecule has 0 heterocycles. The molecule has 1 aliphatic rings. The largest absolute Gasteiger partial charge is 0.383 e. The second-order valence-electron chi connectivity index (χ2n) is 3.77. The number of Topliss-reactive ketones (excluding diaryl/α,β-unsaturated/α-hetero) is 1. The maximum absolute atomic E-state index is 11.5. The first-order chi connectivity index (χ1) is 6.13. The van der Waals surface area contributed by atoms with E-state index in [1.165, 1.54) is 0 Å². The van der Waals surface area contributed by atoms with Crippen molar-refractivity contribution in [3.05, 3.63) is 11.8 Å². The fourth-order valence-electron chi connectivity index (χ4n) is 1.63. The molecule has 0 aromatic heterocycles. The minimum absolute atomic E-state index is 0.306. The summed E-state index contributed by atoms with van der Waals surface area (Å²) in [5.74, 6) is 0.306. The van der Waals surface area contributed by atoms with Gasteiger partial charge in [0.05, 0.1) is 0 Å². The van der Waals surface area contributed by atoms with Crippen LogP contribution >= 0.6 is 0 Å². The molecule has 0 amide bonds. The quantitative estimate of drug-likeness (QED) is 0.640. The molecule has 1 rings (SSSR count). The number of ketones is 1. The molecule has 1 fully saturated rings. The first-order valence-electron chi connectivity index (χ1n) is 4.71. The van der Waals surface area contributed by atoms with E-state index in [0.717, 1.165) is 18.4 Å². The second kappa shape index (κ2) is 4.42. The summed E-state index contributed by atoms with van der Waals surface area (Å²) >= 11 is 0. The van der Waals surface area contributed by atoms with E-state index in [4.69, 9.17) is 0 Å². The molecular weight excluding hydrogens is 164 g/mol. The Bertz CT molecular complexity index is 221. The van der Waals surface area contributed by atoms with Gasteiger partial charge < -0.3 is 10.2 Å². The molecule has 13 heavy (non-hydrogen) atoms. The van der Waals surface area contributed by atoms with Crippen molar-refractivity contribution in [1.82, 2.24) is 10.2 Å². The average molecular weight is 182 g/mol. The fourth-order valence-corrected chi connectivity index (χ4v) is 1.63. The molecule has 3 nitrogen and oxygen atoms in total. The highest BCUT2D eigenvalue weighted by atomic mass is 16.1. The Morgan fingerprint density at radius 2 is 2.23 bits per heavy atom. The van der Waals surface area contributed by atoms with Crippen LogP contribution in [0, 0.1) is 0 Å². The molecule has 0 radical (unpaired) electrons. The van der Waals surface area contributed by atoms with E-state index in [1.54, 1.807) is 0 Å². The van der Waals surface area contributed by atoms with Crippen molar-refractivity contribution in [3.63, 3.8) is 0 Å². The smallest absolute Gasteiger partial charge is 0.160 e. The number of nitrogens with one attached hydrogen (secondary N) is 1. The van der Waals surface area contributed by atoms with Crippen molar-refractivity contribution in [3.8, 4) is 0 Å². The molecule has 3 heteroatoms. The topological polar surface area (TPSA) is 32.3 Å². The van der Waals surface area contributed by atoms with Crippen LogP contribution in [0.5, 0.6) is 0 Å². The number of hydrogen-bond donors (Lipinski definition) is 1. The monoisotopic (exact) mass is 182 g/mol. The molecule has 1 unspecified atom stereocenters. The van der Waals surface area contributed by atoms with Crippen molar-refractivity contribution in [2.75, 3.05) is 21.1 Å². The molecule has 0 saturated heterocycles. The van der Waals surface area contributed by atoms with Crippen molar-refractivity contribution in [1.29, 1.82) is 0 Å². The number of rotatable bonds is 2. The van der Waals surface area contributed by atoms with Crippen LogP contribution in [-0.2, 0) is 4.79 Å². The Morgan fingerprint density at radius 1 is 1.54 bits per heavy atom. The first kappa shape index (κ1) is 10.3. The van der Waals surface area contributed by atoms with E-state index in [9.17, 15) is 4.79 Å². The van der Waals surface area contributed by atoms with Crippen LogP contribution in [0.4, 0.5) is 0 Å². The van der Waals surface area contributed by atoms with Crippen molar-refractivity contribution in [2.45, 2.75) is 25.3 Å². The van der Waals surface area contributed by atoms with Crippen LogP contribution in [0.25, 0.3) is 0 Å². The van der Waals surface area contributed by atoms with Gasteiger partial charge in [0.2, 0.25) is 0 Å². The standard InChI is InChI=1S/C10H18N2O/c1-11-9-4-5-10(13)8(6-9)7-12(2)3/h7,9,11H,4-6H2,1-3H3. The van der Waals surface area contributed by atoms with Gasteiger partial charge in [-0.25, -0.2) is 0 Å². The van der Waals surface area contributed by atoms with Crippen LogP contribution in [0.2, 0.25) is 0 Å². The Balaban J connectivity index is 2.65. The second-order valence-corrected chi connectivity index (χ2v) is 3.77. The third kappa shape index (κ3) is 2.84. The van der Waals surface area contributed by atoms with E-state index in [0.29, 0.717) is 18.2 Å². The van der Waals surface area contributed by atoms with Gasteiger partial charge in [0.15, 0.2) is 5.78 Å². The SMILES string of the molecule is CNC1CCC(=O)C(=CN(C)C)C1. The zero-order chi connectivity index (χ0) is 9.84. The first-order valence-corrected chi connectivity index (χ1v) is 4.71. The predicted molar refractivity (Wildman–Crippen MR) is 53.5 cm³/mol. The van der Waals surface area contributed by atoms with E-state index in [1.807, 2.05) is 32.2 Å². The van der Waals surface area contributed by atoms with Gasteiger partial charge in [-0.15, -0.1) is 0 Å². The number of carbonyl (C=O) groups is 1. The van der Waals surface area contributed by atoms with Gasteiger partial charge in [0, 0.05) is 38.3 Å². The Kier molecular flexibility index (Phi) is 3.48. The Morgan fingerprint density at radius 3 is 2.77 bits per heavy atom. The highest BCUT2D eigenvalue weighted by Gasteiger charge is 2.21. The molecule has 1 N–H and O–H groups in total. The molecular formula is C10H18N2O. The van der Waals surface area contributed by atoms with Crippen molar-refractivity contribution >= 4 is 5.78 Å². The van der Waals surface area contributed by atoms with Gasteiger partial charge in [-0.2, -0.15) is 0 Å². The minimum Gasteiger partial charge on any atom is -0.383 e. The zero-order valence-corrected chi connectivity index (χ0v) is 8.63. The molecule has 0 aromatic carbocycles. The minimum atomic E-state index is 0.306. The summed E-state index contributed by atoms with van der Waals surface area (Å²) in [6, 6.07) is 0.476. The van der Waals surface area contributed by atoms with Crippen LogP contribution in [0.3, 0.4) is 0 Å². The third-order valence-electron chi connectivity index (χ3n) is 2.37. The van der Waals surface area contributed by atoms with Gasteiger partial charge in [0.25, 0.3) is 0 Å². The van der Waals surface area contributed by atoms with Gasteiger partial charge in [-0.05, 0) is 19.9 Å². The summed E-state index contributed by atoms with van der Waals surface area (Å²) in [5.41, 5.74) is 0.954. The van der Waals surface area contributed by atoms with E-state index in [-0.39, 0.29) is 0 Å². The average Bonchev–Trinajstić information content (AvgIpc) is 2.08.